The number of aryl methyl sites for hydroxylation is 1. The lowest BCUT2D eigenvalue weighted by Gasteiger charge is -2.40. The first kappa shape index (κ1) is 12.8. The van der Waals surface area contributed by atoms with Crippen LogP contribution in [0.25, 0.3) is 0 Å². The molecular weight excluding hydrogens is 282 g/mol. The van der Waals surface area contributed by atoms with Crippen LogP contribution in [0.5, 0.6) is 0 Å². The summed E-state index contributed by atoms with van der Waals surface area (Å²) in [5.41, 5.74) is 2.51. The molecule has 0 amide bonds. The first-order valence-electron chi connectivity index (χ1n) is 5.98. The van der Waals surface area contributed by atoms with Crippen LogP contribution in [0.1, 0.15) is 35.3 Å². The first-order valence-corrected chi connectivity index (χ1v) is 5.98. The third-order valence-electron chi connectivity index (χ3n) is 4.05. The molecule has 1 aromatic rings. The normalized spacial score (nSPS) is 22.1. The molecule has 1 spiro atoms. The maximum atomic E-state index is 12.1. The zero-order chi connectivity index (χ0) is 11.2. The maximum Gasteiger partial charge on any atom is 0.247 e. The molecule has 0 aliphatic carbocycles. The number of nitrogens with one attached hydrogen (secondary N) is 1. The SMILES string of the molecule is Br.Cc1cnn2c1CC1(CCNCC1)CC2=O. The minimum absolute atomic E-state index is 0. The molecule has 0 unspecified atom stereocenters. The topological polar surface area (TPSA) is 46.9 Å². The lowest BCUT2D eigenvalue weighted by atomic mass is 9.71. The van der Waals surface area contributed by atoms with E-state index in [-0.39, 0.29) is 28.3 Å². The molecule has 0 saturated carbocycles. The van der Waals surface area contributed by atoms with Crippen LogP contribution in [0.3, 0.4) is 0 Å². The van der Waals surface area contributed by atoms with Gasteiger partial charge in [-0.3, -0.25) is 4.79 Å². The molecule has 17 heavy (non-hydrogen) atoms. The van der Waals surface area contributed by atoms with E-state index in [2.05, 4.69) is 10.4 Å². The smallest absolute Gasteiger partial charge is 0.247 e. The van der Waals surface area contributed by atoms with Gasteiger partial charge in [-0.2, -0.15) is 5.10 Å². The van der Waals surface area contributed by atoms with Gasteiger partial charge in [-0.1, -0.05) is 0 Å². The Labute approximate surface area is 112 Å². The average Bonchev–Trinajstić information content (AvgIpc) is 2.62. The van der Waals surface area contributed by atoms with Gasteiger partial charge in [0, 0.05) is 6.42 Å². The van der Waals surface area contributed by atoms with E-state index >= 15 is 0 Å². The van der Waals surface area contributed by atoms with Gasteiger partial charge in [-0.15, -0.1) is 17.0 Å². The molecule has 2 aliphatic rings. The first-order chi connectivity index (χ1) is 7.70. The molecule has 1 N–H and O–H groups in total. The van der Waals surface area contributed by atoms with Crippen molar-refractivity contribution in [3.63, 3.8) is 0 Å². The van der Waals surface area contributed by atoms with Crippen LogP contribution in [0, 0.1) is 12.3 Å². The highest BCUT2D eigenvalue weighted by Gasteiger charge is 2.40. The molecule has 1 fully saturated rings. The number of carbonyl (C=O) groups excluding carboxylic acids is 1. The average molecular weight is 300 g/mol. The Morgan fingerprint density at radius 2 is 2.06 bits per heavy atom. The molecule has 0 aromatic carbocycles. The van der Waals surface area contributed by atoms with E-state index in [0.29, 0.717) is 6.42 Å². The van der Waals surface area contributed by atoms with Crippen LogP contribution >= 0.6 is 17.0 Å². The van der Waals surface area contributed by atoms with Crippen molar-refractivity contribution in [2.24, 2.45) is 5.41 Å². The van der Waals surface area contributed by atoms with E-state index in [0.717, 1.165) is 43.6 Å². The number of carbonyl (C=O) groups is 1. The van der Waals surface area contributed by atoms with E-state index in [9.17, 15) is 4.79 Å². The summed E-state index contributed by atoms with van der Waals surface area (Å²) in [7, 11) is 0. The zero-order valence-electron chi connectivity index (χ0n) is 10.0. The molecular formula is C12H18BrN3O. The van der Waals surface area contributed by atoms with E-state index in [1.165, 1.54) is 0 Å². The summed E-state index contributed by atoms with van der Waals surface area (Å²) in [6.07, 6.45) is 5.73. The van der Waals surface area contributed by atoms with Crippen molar-refractivity contribution in [1.29, 1.82) is 0 Å². The Bertz CT molecular complexity index is 435. The minimum Gasteiger partial charge on any atom is -0.317 e. The van der Waals surface area contributed by atoms with Crippen LogP contribution in [-0.4, -0.2) is 28.8 Å². The van der Waals surface area contributed by atoms with Crippen LogP contribution in [0.2, 0.25) is 0 Å². The second-order valence-electron chi connectivity index (χ2n) is 5.18. The summed E-state index contributed by atoms with van der Waals surface area (Å²) in [6.45, 7) is 4.13. The quantitative estimate of drug-likeness (QED) is 0.793. The van der Waals surface area contributed by atoms with Gasteiger partial charge < -0.3 is 5.32 Å². The summed E-state index contributed by atoms with van der Waals surface area (Å²) in [5.74, 6) is 0.177. The predicted molar refractivity (Wildman–Crippen MR) is 70.8 cm³/mol. The van der Waals surface area contributed by atoms with E-state index < -0.39 is 0 Å². The van der Waals surface area contributed by atoms with Gasteiger partial charge in [0.15, 0.2) is 0 Å². The highest BCUT2D eigenvalue weighted by atomic mass is 79.9. The molecule has 5 heteroatoms. The van der Waals surface area contributed by atoms with Gasteiger partial charge in [0.1, 0.15) is 0 Å². The molecule has 94 valence electrons. The van der Waals surface area contributed by atoms with Gasteiger partial charge in [-0.05, 0) is 50.3 Å². The molecule has 3 rings (SSSR count). The minimum atomic E-state index is 0. The standard InChI is InChI=1S/C12H17N3O.BrH/c1-9-8-14-15-10(9)6-12(7-11(15)16)2-4-13-5-3-12;/h8,13H,2-7H2,1H3;1H. The summed E-state index contributed by atoms with van der Waals surface area (Å²) in [4.78, 5) is 12.1. The Morgan fingerprint density at radius 3 is 2.76 bits per heavy atom. The number of piperidine rings is 1. The fraction of sp³-hybridized carbons (Fsp3) is 0.667. The largest absolute Gasteiger partial charge is 0.317 e. The second-order valence-corrected chi connectivity index (χ2v) is 5.18. The van der Waals surface area contributed by atoms with Crippen molar-refractivity contribution in [3.8, 4) is 0 Å². The summed E-state index contributed by atoms with van der Waals surface area (Å²) in [5, 5.41) is 7.54. The van der Waals surface area contributed by atoms with Crippen molar-refractivity contribution in [3.05, 3.63) is 17.5 Å². The molecule has 1 saturated heterocycles. The van der Waals surface area contributed by atoms with Gasteiger partial charge in [0.2, 0.25) is 5.91 Å². The molecule has 3 heterocycles. The summed E-state index contributed by atoms with van der Waals surface area (Å²) < 4.78 is 1.61. The fourth-order valence-corrected chi connectivity index (χ4v) is 3.01. The van der Waals surface area contributed by atoms with Gasteiger partial charge in [0.05, 0.1) is 11.9 Å². The van der Waals surface area contributed by atoms with Crippen molar-refractivity contribution in [2.45, 2.75) is 32.6 Å². The Balaban J connectivity index is 0.00000108. The van der Waals surface area contributed by atoms with Gasteiger partial charge in [0.25, 0.3) is 0 Å². The molecule has 4 nitrogen and oxygen atoms in total. The van der Waals surface area contributed by atoms with Gasteiger partial charge >= 0.3 is 0 Å². The highest BCUT2D eigenvalue weighted by Crippen LogP contribution is 2.40. The third kappa shape index (κ3) is 2.06. The summed E-state index contributed by atoms with van der Waals surface area (Å²) >= 11 is 0. The third-order valence-corrected chi connectivity index (χ3v) is 4.05. The monoisotopic (exact) mass is 299 g/mol. The van der Waals surface area contributed by atoms with E-state index in [1.54, 1.807) is 4.68 Å². The highest BCUT2D eigenvalue weighted by molar-refractivity contribution is 8.93. The van der Waals surface area contributed by atoms with Crippen molar-refractivity contribution >= 4 is 22.9 Å². The van der Waals surface area contributed by atoms with Crippen LogP contribution in [0.4, 0.5) is 0 Å². The number of hydrogen-bond acceptors (Lipinski definition) is 3. The predicted octanol–water partition coefficient (Wildman–Crippen LogP) is 1.73. The van der Waals surface area contributed by atoms with Crippen molar-refractivity contribution in [2.75, 3.05) is 13.1 Å². The number of nitrogens with zero attached hydrogens (tertiary/aromatic N) is 2. The number of halogens is 1. The number of aromatic nitrogens is 2. The maximum absolute atomic E-state index is 12.1. The Hall–Kier alpha value is -0.680. The number of fused-ring (bicyclic) bond motifs is 1. The Morgan fingerprint density at radius 1 is 1.35 bits per heavy atom. The number of rotatable bonds is 0. The van der Waals surface area contributed by atoms with Crippen LogP contribution < -0.4 is 5.32 Å². The van der Waals surface area contributed by atoms with Crippen molar-refractivity contribution < 1.29 is 4.79 Å². The molecule has 1 aromatic heterocycles. The lowest BCUT2D eigenvalue weighted by Crippen LogP contribution is -2.44. The van der Waals surface area contributed by atoms with Crippen LogP contribution in [-0.2, 0) is 6.42 Å². The summed E-state index contributed by atoms with van der Waals surface area (Å²) in [6, 6.07) is 0. The number of hydrogen-bond donors (Lipinski definition) is 1. The molecule has 2 aliphatic heterocycles. The molecule has 0 atom stereocenters. The Kier molecular flexibility index (Phi) is 3.41. The van der Waals surface area contributed by atoms with E-state index in [1.807, 2.05) is 13.1 Å². The fourth-order valence-electron chi connectivity index (χ4n) is 3.01. The van der Waals surface area contributed by atoms with Crippen molar-refractivity contribution in [1.82, 2.24) is 15.1 Å². The zero-order valence-corrected chi connectivity index (χ0v) is 11.7. The second kappa shape index (κ2) is 4.53. The van der Waals surface area contributed by atoms with E-state index in [4.69, 9.17) is 0 Å². The van der Waals surface area contributed by atoms with Crippen LogP contribution in [0.15, 0.2) is 6.20 Å². The van der Waals surface area contributed by atoms with Gasteiger partial charge in [-0.25, -0.2) is 4.68 Å². The molecule has 0 bridgehead atoms. The lowest BCUT2D eigenvalue weighted by molar-refractivity contribution is 0.0700. The molecule has 0 radical (unpaired) electrons.